The van der Waals surface area contributed by atoms with Gasteiger partial charge in [-0.1, -0.05) is 11.3 Å². The van der Waals surface area contributed by atoms with Gasteiger partial charge in [0.05, 0.1) is 10.8 Å². The number of nitrogens with one attached hydrogen (secondary N) is 1. The maximum Gasteiger partial charge on any atom is 0.229 e. The van der Waals surface area contributed by atoms with Gasteiger partial charge in [-0.05, 0) is 44.0 Å². The lowest BCUT2D eigenvalue weighted by molar-refractivity contribution is -0.121. The van der Waals surface area contributed by atoms with Crippen LogP contribution in [-0.4, -0.2) is 25.6 Å². The lowest BCUT2D eigenvalue weighted by Gasteiger charge is -2.33. The van der Waals surface area contributed by atoms with E-state index in [2.05, 4.69) is 15.5 Å². The summed E-state index contributed by atoms with van der Waals surface area (Å²) in [6.45, 7) is 1.82. The SMILES string of the molecule is Cc1nnc(NC(=O)C2CC(S(=O)c3ccc(F)cc3)C2)s1. The van der Waals surface area contributed by atoms with Crippen LogP contribution < -0.4 is 5.32 Å². The van der Waals surface area contributed by atoms with Gasteiger partial charge in [0.2, 0.25) is 11.0 Å². The molecule has 22 heavy (non-hydrogen) atoms. The van der Waals surface area contributed by atoms with Crippen molar-refractivity contribution in [3.05, 3.63) is 35.1 Å². The smallest absolute Gasteiger partial charge is 0.229 e. The molecule has 1 aromatic carbocycles. The van der Waals surface area contributed by atoms with E-state index in [4.69, 9.17) is 0 Å². The number of amides is 1. The summed E-state index contributed by atoms with van der Waals surface area (Å²) in [6.07, 6.45) is 1.13. The van der Waals surface area contributed by atoms with E-state index in [-0.39, 0.29) is 22.9 Å². The van der Waals surface area contributed by atoms with E-state index >= 15 is 0 Å². The number of hydrogen-bond acceptors (Lipinski definition) is 5. The standard InChI is InChI=1S/C14H14FN3O2S2/c1-8-17-18-14(21-8)16-13(19)9-6-12(7-9)22(20)11-4-2-10(15)3-5-11/h2-5,9,12H,6-7H2,1H3,(H,16,18,19). The predicted molar refractivity (Wildman–Crippen MR) is 82.6 cm³/mol. The first-order valence-corrected chi connectivity index (χ1v) is 8.83. The molecule has 0 saturated heterocycles. The van der Waals surface area contributed by atoms with Gasteiger partial charge in [0.25, 0.3) is 0 Å². The number of aromatic nitrogens is 2. The third-order valence-corrected chi connectivity index (χ3v) is 6.05. The molecule has 1 aliphatic carbocycles. The first-order valence-electron chi connectivity index (χ1n) is 6.80. The Balaban J connectivity index is 1.54. The van der Waals surface area contributed by atoms with Gasteiger partial charge >= 0.3 is 0 Å². The first kappa shape index (κ1) is 15.2. The van der Waals surface area contributed by atoms with E-state index in [0.717, 1.165) is 5.01 Å². The Labute approximate surface area is 133 Å². The molecule has 0 aliphatic heterocycles. The molecule has 1 amide bonds. The summed E-state index contributed by atoms with van der Waals surface area (Å²) in [4.78, 5) is 12.6. The average Bonchev–Trinajstić information content (AvgIpc) is 2.83. The van der Waals surface area contributed by atoms with Crippen LogP contribution in [-0.2, 0) is 15.6 Å². The molecule has 0 spiro atoms. The molecule has 1 heterocycles. The minimum absolute atomic E-state index is 0.0580. The highest BCUT2D eigenvalue weighted by Crippen LogP contribution is 2.35. The second-order valence-electron chi connectivity index (χ2n) is 5.16. The molecule has 8 heteroatoms. The van der Waals surface area contributed by atoms with Gasteiger partial charge in [0.15, 0.2) is 0 Å². The van der Waals surface area contributed by atoms with Crippen molar-refractivity contribution in [2.75, 3.05) is 5.32 Å². The van der Waals surface area contributed by atoms with Crippen LogP contribution in [0.5, 0.6) is 0 Å². The van der Waals surface area contributed by atoms with E-state index in [1.165, 1.54) is 35.6 Å². The summed E-state index contributed by atoms with van der Waals surface area (Å²) >= 11 is 1.32. The number of benzene rings is 1. The zero-order chi connectivity index (χ0) is 15.7. The second kappa shape index (κ2) is 6.21. The third kappa shape index (κ3) is 3.22. The van der Waals surface area contributed by atoms with Crippen LogP contribution in [0.2, 0.25) is 0 Å². The van der Waals surface area contributed by atoms with E-state index in [0.29, 0.717) is 22.9 Å². The molecular weight excluding hydrogens is 325 g/mol. The van der Waals surface area contributed by atoms with Crippen molar-refractivity contribution < 1.29 is 13.4 Å². The fourth-order valence-electron chi connectivity index (χ4n) is 2.27. The quantitative estimate of drug-likeness (QED) is 0.929. The maximum absolute atomic E-state index is 12.9. The minimum Gasteiger partial charge on any atom is -0.300 e. The monoisotopic (exact) mass is 339 g/mol. The van der Waals surface area contributed by atoms with Crippen molar-refractivity contribution in [3.8, 4) is 0 Å². The molecule has 3 rings (SSSR count). The van der Waals surface area contributed by atoms with Gasteiger partial charge in [0.1, 0.15) is 10.8 Å². The van der Waals surface area contributed by atoms with Gasteiger partial charge in [-0.25, -0.2) is 4.39 Å². The van der Waals surface area contributed by atoms with Crippen molar-refractivity contribution in [1.82, 2.24) is 10.2 Å². The van der Waals surface area contributed by atoms with E-state index in [9.17, 15) is 13.4 Å². The molecule has 0 radical (unpaired) electrons. The highest BCUT2D eigenvalue weighted by molar-refractivity contribution is 7.85. The molecule has 1 N–H and O–H groups in total. The highest BCUT2D eigenvalue weighted by Gasteiger charge is 2.38. The number of anilines is 1. The summed E-state index contributed by atoms with van der Waals surface area (Å²) < 4.78 is 25.2. The molecule has 2 aromatic rings. The first-order chi connectivity index (χ1) is 10.5. The average molecular weight is 339 g/mol. The molecule has 1 aliphatic rings. The number of rotatable bonds is 4. The molecule has 1 unspecified atom stereocenters. The van der Waals surface area contributed by atoms with Gasteiger partial charge in [-0.15, -0.1) is 10.2 Å². The van der Waals surface area contributed by atoms with Crippen molar-refractivity contribution in [3.63, 3.8) is 0 Å². The Morgan fingerprint density at radius 2 is 2.00 bits per heavy atom. The number of halogens is 1. The number of carbonyl (C=O) groups excluding carboxylic acids is 1. The van der Waals surface area contributed by atoms with E-state index in [1.807, 2.05) is 6.92 Å². The van der Waals surface area contributed by atoms with Crippen molar-refractivity contribution in [1.29, 1.82) is 0 Å². The van der Waals surface area contributed by atoms with E-state index < -0.39 is 10.8 Å². The molecule has 1 fully saturated rings. The van der Waals surface area contributed by atoms with E-state index in [1.54, 1.807) is 0 Å². The normalized spacial score (nSPS) is 21.9. The summed E-state index contributed by atoms with van der Waals surface area (Å²) in [6, 6.07) is 5.66. The van der Waals surface area contributed by atoms with Gasteiger partial charge in [-0.3, -0.25) is 9.00 Å². The topological polar surface area (TPSA) is 72.0 Å². The van der Waals surface area contributed by atoms with Crippen molar-refractivity contribution in [2.24, 2.45) is 5.92 Å². The Kier molecular flexibility index (Phi) is 4.30. The predicted octanol–water partition coefficient (Wildman–Crippen LogP) is 2.51. The second-order valence-corrected chi connectivity index (χ2v) is 8.07. The van der Waals surface area contributed by atoms with Crippen molar-refractivity contribution in [2.45, 2.75) is 29.9 Å². The number of hydrogen-bond donors (Lipinski definition) is 1. The Hall–Kier alpha value is -1.67. The highest BCUT2D eigenvalue weighted by atomic mass is 32.2. The van der Waals surface area contributed by atoms with Crippen LogP contribution in [0, 0.1) is 18.7 Å². The Bertz CT molecular complexity index is 711. The molecule has 1 saturated carbocycles. The fraction of sp³-hybridized carbons (Fsp3) is 0.357. The number of nitrogens with zero attached hydrogens (tertiary/aromatic N) is 2. The lowest BCUT2D eigenvalue weighted by atomic mass is 9.84. The van der Waals surface area contributed by atoms with Crippen LogP contribution in [0.4, 0.5) is 9.52 Å². The van der Waals surface area contributed by atoms with Crippen LogP contribution >= 0.6 is 11.3 Å². The molecule has 1 aromatic heterocycles. The fourth-order valence-corrected chi connectivity index (χ4v) is 4.47. The van der Waals surface area contributed by atoms with Crippen LogP contribution in [0.15, 0.2) is 29.2 Å². The summed E-state index contributed by atoms with van der Waals surface area (Å²) in [5, 5.41) is 11.6. The Morgan fingerprint density at radius 3 is 2.59 bits per heavy atom. The summed E-state index contributed by atoms with van der Waals surface area (Å²) in [5.41, 5.74) is 0. The maximum atomic E-state index is 12.9. The molecule has 5 nitrogen and oxygen atoms in total. The summed E-state index contributed by atoms with van der Waals surface area (Å²) in [5.74, 6) is -0.610. The molecular formula is C14H14FN3O2S2. The molecule has 1 atom stereocenters. The number of carbonyl (C=O) groups is 1. The van der Waals surface area contributed by atoms with Gasteiger partial charge in [0, 0.05) is 16.1 Å². The minimum atomic E-state index is -1.20. The third-order valence-electron chi connectivity index (χ3n) is 3.57. The number of aryl methyl sites for hydroxylation is 1. The summed E-state index contributed by atoms with van der Waals surface area (Å²) in [7, 11) is -1.20. The van der Waals surface area contributed by atoms with Crippen LogP contribution in [0.1, 0.15) is 17.8 Å². The van der Waals surface area contributed by atoms with Gasteiger partial charge in [-0.2, -0.15) is 0 Å². The van der Waals surface area contributed by atoms with Crippen LogP contribution in [0.25, 0.3) is 0 Å². The zero-order valence-corrected chi connectivity index (χ0v) is 13.4. The molecule has 116 valence electrons. The zero-order valence-electron chi connectivity index (χ0n) is 11.8. The van der Waals surface area contributed by atoms with Gasteiger partial charge < -0.3 is 5.32 Å². The molecule has 0 bridgehead atoms. The van der Waals surface area contributed by atoms with Crippen LogP contribution in [0.3, 0.4) is 0 Å². The largest absolute Gasteiger partial charge is 0.300 e. The van der Waals surface area contributed by atoms with Crippen molar-refractivity contribution >= 4 is 33.2 Å². The Morgan fingerprint density at radius 1 is 1.32 bits per heavy atom. The lowest BCUT2D eigenvalue weighted by Crippen LogP contribution is -2.40.